The number of carbonyl (C=O) groups excluding carboxylic acids is 2. The fourth-order valence-electron chi connectivity index (χ4n) is 7.06. The molecule has 0 aromatic carbocycles. The van der Waals surface area contributed by atoms with Crippen LogP contribution in [0.2, 0.25) is 0 Å². The van der Waals surface area contributed by atoms with Gasteiger partial charge in [-0.15, -0.1) is 0 Å². The predicted molar refractivity (Wildman–Crippen MR) is 223 cm³/mol. The average Bonchev–Trinajstić information content (AvgIpc) is 3.13. The molecule has 0 radical (unpaired) electrons. The van der Waals surface area contributed by atoms with Crippen molar-refractivity contribution in [3.8, 4) is 0 Å². The highest BCUT2D eigenvalue weighted by Crippen LogP contribution is 2.18. The van der Waals surface area contributed by atoms with Gasteiger partial charge >= 0.3 is 5.97 Å². The molecule has 0 saturated carbocycles. The molecule has 1 amide bonds. The van der Waals surface area contributed by atoms with Crippen LogP contribution >= 0.6 is 0 Å². The summed E-state index contributed by atoms with van der Waals surface area (Å²) in [4.78, 5) is 25.9. The maximum Gasteiger partial charge on any atom is 0.306 e. The highest BCUT2D eigenvalue weighted by molar-refractivity contribution is 5.77. The van der Waals surface area contributed by atoms with Crippen LogP contribution < -0.4 is 5.32 Å². The molecule has 3 N–H and O–H groups in total. The van der Waals surface area contributed by atoms with Crippen LogP contribution in [0, 0.1) is 0 Å². The Morgan fingerprint density at radius 1 is 0.538 bits per heavy atom. The van der Waals surface area contributed by atoms with Crippen molar-refractivity contribution in [2.24, 2.45) is 0 Å². The molecule has 0 aliphatic rings. The molecule has 0 aliphatic carbocycles. The quantitative estimate of drug-likeness (QED) is 0.0330. The molecular weight excluding hydrogens is 647 g/mol. The summed E-state index contributed by atoms with van der Waals surface area (Å²) in [6, 6.07) is -0.694. The number of rotatable bonds is 41. The van der Waals surface area contributed by atoms with Gasteiger partial charge in [0.25, 0.3) is 0 Å². The van der Waals surface area contributed by atoms with E-state index < -0.39 is 18.2 Å². The fourth-order valence-corrected chi connectivity index (χ4v) is 7.06. The van der Waals surface area contributed by atoms with E-state index in [1.54, 1.807) is 0 Å². The molecule has 0 aromatic rings. The van der Waals surface area contributed by atoms with Gasteiger partial charge in [0.05, 0.1) is 25.2 Å². The summed E-state index contributed by atoms with van der Waals surface area (Å²) in [5, 5.41) is 23.6. The third-order valence-corrected chi connectivity index (χ3v) is 10.6. The fraction of sp³-hybridized carbons (Fsp3) is 0.913. The van der Waals surface area contributed by atoms with E-state index in [1.165, 1.54) is 148 Å². The van der Waals surface area contributed by atoms with Crippen molar-refractivity contribution >= 4 is 11.9 Å². The SMILES string of the molecule is CCCC/C=C\CCCCCCCC(=O)OC(CCCCCCCCCCCC)CC(=O)NC(CO)C(O)CCCCCCCCCCCCCC. The average molecular weight is 736 g/mol. The van der Waals surface area contributed by atoms with Crippen molar-refractivity contribution in [2.75, 3.05) is 6.61 Å². The molecule has 0 bridgehead atoms. The van der Waals surface area contributed by atoms with Gasteiger partial charge in [0, 0.05) is 6.42 Å². The van der Waals surface area contributed by atoms with Crippen LogP contribution in [0.1, 0.15) is 245 Å². The van der Waals surface area contributed by atoms with Gasteiger partial charge in [-0.2, -0.15) is 0 Å². The van der Waals surface area contributed by atoms with Gasteiger partial charge in [-0.05, 0) is 44.9 Å². The topological polar surface area (TPSA) is 95.9 Å². The molecule has 0 fully saturated rings. The van der Waals surface area contributed by atoms with Gasteiger partial charge in [-0.3, -0.25) is 9.59 Å². The summed E-state index contributed by atoms with van der Waals surface area (Å²) < 4.78 is 5.89. The third kappa shape index (κ3) is 35.6. The van der Waals surface area contributed by atoms with E-state index in [1.807, 2.05) is 0 Å². The highest BCUT2D eigenvalue weighted by Gasteiger charge is 2.24. The van der Waals surface area contributed by atoms with Gasteiger partial charge in [-0.25, -0.2) is 0 Å². The van der Waals surface area contributed by atoms with Gasteiger partial charge < -0.3 is 20.3 Å². The summed E-state index contributed by atoms with van der Waals surface area (Å²) in [6.07, 6.45) is 42.7. The Morgan fingerprint density at radius 2 is 0.942 bits per heavy atom. The highest BCUT2D eigenvalue weighted by atomic mass is 16.5. The second-order valence-corrected chi connectivity index (χ2v) is 15.8. The number of aliphatic hydroxyl groups excluding tert-OH is 2. The number of ether oxygens (including phenoxy) is 1. The number of allylic oxidation sites excluding steroid dienone is 2. The molecule has 0 rings (SSSR count). The normalized spacial score (nSPS) is 13.4. The zero-order chi connectivity index (χ0) is 38.2. The van der Waals surface area contributed by atoms with Crippen molar-refractivity contribution in [1.29, 1.82) is 0 Å². The summed E-state index contributed by atoms with van der Waals surface area (Å²) in [6.45, 7) is 6.43. The molecule has 0 aromatic heterocycles. The minimum absolute atomic E-state index is 0.0801. The van der Waals surface area contributed by atoms with Crippen LogP contribution in [-0.4, -0.2) is 46.9 Å². The van der Waals surface area contributed by atoms with Crippen LogP contribution in [0.3, 0.4) is 0 Å². The molecule has 0 spiro atoms. The molecule has 3 atom stereocenters. The van der Waals surface area contributed by atoms with Crippen LogP contribution in [0.5, 0.6) is 0 Å². The number of unbranched alkanes of at least 4 members (excludes halogenated alkanes) is 27. The lowest BCUT2D eigenvalue weighted by molar-refractivity contribution is -0.151. The number of amides is 1. The van der Waals surface area contributed by atoms with Crippen LogP contribution in [0.4, 0.5) is 0 Å². The second kappa shape index (κ2) is 40.8. The number of aliphatic hydroxyl groups is 2. The number of esters is 1. The standard InChI is InChI=1S/C46H89NO5/c1-4-7-10-13-16-19-22-24-26-29-32-35-38-44(49)43(41-48)47-45(50)40-42(37-34-31-28-25-21-18-15-12-9-6-3)52-46(51)39-36-33-30-27-23-20-17-14-11-8-5-2/h14,17,42-44,48-49H,4-13,15-16,18-41H2,1-3H3,(H,47,50)/b17-14-. The van der Waals surface area contributed by atoms with Gasteiger partial charge in [-0.1, -0.05) is 200 Å². The van der Waals surface area contributed by atoms with Crippen LogP contribution in [0.25, 0.3) is 0 Å². The molecule has 3 unspecified atom stereocenters. The molecule has 308 valence electrons. The van der Waals surface area contributed by atoms with Crippen molar-refractivity contribution in [2.45, 2.75) is 264 Å². The van der Waals surface area contributed by atoms with E-state index in [0.29, 0.717) is 19.3 Å². The first-order valence-corrected chi connectivity index (χ1v) is 22.9. The van der Waals surface area contributed by atoms with Gasteiger partial charge in [0.1, 0.15) is 6.10 Å². The zero-order valence-corrected chi connectivity index (χ0v) is 35.0. The minimum Gasteiger partial charge on any atom is -0.462 e. The Bertz CT molecular complexity index is 787. The molecule has 0 saturated heterocycles. The van der Waals surface area contributed by atoms with E-state index in [-0.39, 0.29) is 24.9 Å². The van der Waals surface area contributed by atoms with E-state index in [4.69, 9.17) is 4.74 Å². The van der Waals surface area contributed by atoms with E-state index >= 15 is 0 Å². The molecule has 0 aliphatic heterocycles. The summed E-state index contributed by atoms with van der Waals surface area (Å²) in [5.41, 5.74) is 0. The Morgan fingerprint density at radius 3 is 1.42 bits per heavy atom. The van der Waals surface area contributed by atoms with Gasteiger partial charge in [0.15, 0.2) is 0 Å². The zero-order valence-electron chi connectivity index (χ0n) is 35.0. The summed E-state index contributed by atoms with van der Waals surface area (Å²) >= 11 is 0. The maximum absolute atomic E-state index is 13.1. The van der Waals surface area contributed by atoms with Crippen molar-refractivity contribution in [3.63, 3.8) is 0 Å². The first-order valence-electron chi connectivity index (χ1n) is 22.9. The Labute approximate surface area is 323 Å². The second-order valence-electron chi connectivity index (χ2n) is 15.8. The lowest BCUT2D eigenvalue weighted by atomic mass is 10.0. The molecule has 52 heavy (non-hydrogen) atoms. The lowest BCUT2D eigenvalue weighted by Gasteiger charge is -2.24. The molecule has 6 nitrogen and oxygen atoms in total. The smallest absolute Gasteiger partial charge is 0.306 e. The first kappa shape index (κ1) is 50.6. The molecule has 0 heterocycles. The van der Waals surface area contributed by atoms with Crippen molar-refractivity contribution in [3.05, 3.63) is 12.2 Å². The number of carbonyl (C=O) groups is 2. The van der Waals surface area contributed by atoms with E-state index in [0.717, 1.165) is 51.4 Å². The Hall–Kier alpha value is -1.40. The van der Waals surface area contributed by atoms with Crippen LogP contribution in [-0.2, 0) is 14.3 Å². The summed E-state index contributed by atoms with van der Waals surface area (Å²) in [7, 11) is 0. The maximum atomic E-state index is 13.1. The van der Waals surface area contributed by atoms with Gasteiger partial charge in [0.2, 0.25) is 5.91 Å². The minimum atomic E-state index is -0.780. The van der Waals surface area contributed by atoms with Crippen LogP contribution in [0.15, 0.2) is 12.2 Å². The molecule has 6 heteroatoms. The third-order valence-electron chi connectivity index (χ3n) is 10.6. The predicted octanol–water partition coefficient (Wildman–Crippen LogP) is 13.0. The van der Waals surface area contributed by atoms with Crippen molar-refractivity contribution in [1.82, 2.24) is 5.32 Å². The Balaban J connectivity index is 4.53. The largest absolute Gasteiger partial charge is 0.462 e. The molecular formula is C46H89NO5. The Kier molecular flexibility index (Phi) is 39.7. The van der Waals surface area contributed by atoms with Crippen molar-refractivity contribution < 1.29 is 24.5 Å². The first-order chi connectivity index (χ1) is 25.5. The van der Waals surface area contributed by atoms with E-state index in [9.17, 15) is 19.8 Å². The number of hydrogen-bond acceptors (Lipinski definition) is 5. The number of nitrogens with one attached hydrogen (secondary N) is 1. The monoisotopic (exact) mass is 736 g/mol. The van der Waals surface area contributed by atoms with E-state index in [2.05, 4.69) is 38.2 Å². The number of hydrogen-bond donors (Lipinski definition) is 3. The summed E-state index contributed by atoms with van der Waals surface area (Å²) in [5.74, 6) is -0.476. The lowest BCUT2D eigenvalue weighted by Crippen LogP contribution is -2.46.